The number of fused-ring (bicyclic) bond motifs is 1. The molecule has 6 rings (SSSR count). The molecule has 2 aromatic heterocycles. The maximum absolute atomic E-state index is 13.7. The first-order valence-corrected chi connectivity index (χ1v) is 14.8. The lowest BCUT2D eigenvalue weighted by Gasteiger charge is -2.29. The van der Waals surface area contributed by atoms with Gasteiger partial charge in [-0.05, 0) is 62.5 Å². The number of hydrogen-bond donors (Lipinski definition) is 3. The first kappa shape index (κ1) is 31.5. The fourth-order valence-electron chi connectivity index (χ4n) is 5.58. The van der Waals surface area contributed by atoms with Gasteiger partial charge in [-0.2, -0.15) is 18.2 Å². The first-order valence-electron chi connectivity index (χ1n) is 14.8. The van der Waals surface area contributed by atoms with Crippen molar-refractivity contribution in [2.24, 2.45) is 0 Å². The molecule has 242 valence electrons. The molecule has 0 bridgehead atoms. The van der Waals surface area contributed by atoms with E-state index in [0.717, 1.165) is 31.6 Å². The number of carbonyl (C=O) groups excluding carboxylic acids is 1. The predicted octanol–water partition coefficient (Wildman–Crippen LogP) is 6.72. The van der Waals surface area contributed by atoms with E-state index < -0.39 is 17.8 Å². The second-order valence-electron chi connectivity index (χ2n) is 11.1. The van der Waals surface area contributed by atoms with Gasteiger partial charge in [-0.25, -0.2) is 19.7 Å². The van der Waals surface area contributed by atoms with Gasteiger partial charge in [0.25, 0.3) is 0 Å². The van der Waals surface area contributed by atoms with Crippen LogP contribution in [0.1, 0.15) is 12.0 Å². The van der Waals surface area contributed by atoms with Gasteiger partial charge in [0.15, 0.2) is 5.82 Å². The lowest BCUT2D eigenvalue weighted by molar-refractivity contribution is -0.137. The van der Waals surface area contributed by atoms with Crippen molar-refractivity contribution >= 4 is 39.8 Å². The molecule has 3 heterocycles. The van der Waals surface area contributed by atoms with E-state index in [1.165, 1.54) is 12.4 Å². The Hall–Kier alpha value is -5.50. The van der Waals surface area contributed by atoms with Gasteiger partial charge in [-0.15, -0.1) is 0 Å². The second-order valence-corrected chi connectivity index (χ2v) is 11.1. The molecule has 11 nitrogen and oxygen atoms in total. The summed E-state index contributed by atoms with van der Waals surface area (Å²) in [6, 6.07) is 17.0. The third kappa shape index (κ3) is 6.87. The molecule has 47 heavy (non-hydrogen) atoms. The highest BCUT2D eigenvalue weighted by atomic mass is 19.4. The second kappa shape index (κ2) is 13.1. The molecule has 1 atom stereocenters. The Balaban J connectivity index is 1.28. The number of amides is 2. The lowest BCUT2D eigenvalue weighted by atomic mass is 10.1. The van der Waals surface area contributed by atoms with Crippen LogP contribution in [0.15, 0.2) is 79.3 Å². The van der Waals surface area contributed by atoms with Crippen molar-refractivity contribution in [1.82, 2.24) is 24.8 Å². The SMILES string of the molecule is CNc1ncnc(-c2cccnc2Oc2ccc(NC(=O)Nc3cc(C(F)(F)F)ccc3N(C)C3CCN(C)C3)c3ccccc23)n1. The number of hydrogen-bond acceptors (Lipinski definition) is 9. The van der Waals surface area contributed by atoms with E-state index >= 15 is 0 Å². The van der Waals surface area contributed by atoms with Crippen molar-refractivity contribution in [3.8, 4) is 23.0 Å². The number of pyridine rings is 1. The fraction of sp³-hybridized carbons (Fsp3) is 0.242. The average Bonchev–Trinajstić information content (AvgIpc) is 3.51. The zero-order valence-corrected chi connectivity index (χ0v) is 25.8. The molecule has 1 aliphatic rings. The van der Waals surface area contributed by atoms with E-state index in [1.54, 1.807) is 37.5 Å². The molecule has 0 saturated carbocycles. The Morgan fingerprint density at radius 1 is 0.979 bits per heavy atom. The zero-order valence-electron chi connectivity index (χ0n) is 25.8. The van der Waals surface area contributed by atoms with Crippen molar-refractivity contribution in [2.45, 2.75) is 18.6 Å². The standard InChI is InChI=1S/C33H32F3N9O2/c1-37-31-40-19-39-29(43-31)24-9-6-15-38-30(24)47-28-13-11-25(22-7-4-5-8-23(22)28)41-32(46)42-26-17-20(33(34,35)36)10-12-27(26)45(3)21-14-16-44(2)18-21/h4-13,15,17,19,21H,14,16,18H2,1-3H3,(H2,41,42,46)(H,37,39,40,43). The van der Waals surface area contributed by atoms with Crippen LogP contribution in [0.4, 0.5) is 41.0 Å². The van der Waals surface area contributed by atoms with Crippen LogP contribution in [0, 0.1) is 0 Å². The van der Waals surface area contributed by atoms with Crippen molar-refractivity contribution in [3.05, 3.63) is 84.8 Å². The smallest absolute Gasteiger partial charge is 0.416 e. The van der Waals surface area contributed by atoms with Crippen LogP contribution in [0.5, 0.6) is 11.6 Å². The van der Waals surface area contributed by atoms with Gasteiger partial charge < -0.3 is 30.5 Å². The van der Waals surface area contributed by atoms with E-state index in [0.29, 0.717) is 45.2 Å². The monoisotopic (exact) mass is 643 g/mol. The molecule has 0 aliphatic carbocycles. The number of nitrogens with zero attached hydrogens (tertiary/aromatic N) is 6. The van der Waals surface area contributed by atoms with E-state index in [-0.39, 0.29) is 17.6 Å². The maximum atomic E-state index is 13.7. The minimum atomic E-state index is -4.57. The van der Waals surface area contributed by atoms with Crippen LogP contribution < -0.4 is 25.6 Å². The molecule has 14 heteroatoms. The minimum Gasteiger partial charge on any atom is -0.438 e. The van der Waals surface area contributed by atoms with E-state index in [9.17, 15) is 18.0 Å². The summed E-state index contributed by atoms with van der Waals surface area (Å²) in [5.74, 6) is 1.47. The number of alkyl halides is 3. The lowest BCUT2D eigenvalue weighted by Crippen LogP contribution is -2.34. The third-order valence-electron chi connectivity index (χ3n) is 8.01. The number of halogens is 3. The van der Waals surface area contributed by atoms with Gasteiger partial charge in [0.05, 0.1) is 28.2 Å². The molecular weight excluding hydrogens is 611 g/mol. The molecule has 1 aliphatic heterocycles. The molecule has 3 aromatic carbocycles. The van der Waals surface area contributed by atoms with Crippen molar-refractivity contribution in [2.75, 3.05) is 55.1 Å². The van der Waals surface area contributed by atoms with Gasteiger partial charge in [0.2, 0.25) is 11.8 Å². The molecular formula is C33H32F3N9O2. The Bertz CT molecular complexity index is 1920. The summed E-state index contributed by atoms with van der Waals surface area (Å²) >= 11 is 0. The van der Waals surface area contributed by atoms with Crippen LogP contribution in [0.2, 0.25) is 0 Å². The Kier molecular flexibility index (Phi) is 8.76. The normalized spacial score (nSPS) is 15.0. The number of benzene rings is 3. The number of carbonyl (C=O) groups is 1. The highest BCUT2D eigenvalue weighted by molar-refractivity contribution is 6.08. The number of likely N-dealkylation sites (N-methyl/N-ethyl adjacent to an activating group) is 2. The highest BCUT2D eigenvalue weighted by Gasteiger charge is 2.32. The number of urea groups is 1. The average molecular weight is 644 g/mol. The van der Waals surface area contributed by atoms with Crippen LogP contribution in [0.25, 0.3) is 22.2 Å². The summed E-state index contributed by atoms with van der Waals surface area (Å²) < 4.78 is 47.3. The van der Waals surface area contributed by atoms with Gasteiger partial charge >= 0.3 is 12.2 Å². The zero-order chi connectivity index (χ0) is 33.1. The Labute approximate surface area is 268 Å². The summed E-state index contributed by atoms with van der Waals surface area (Å²) in [6.07, 6.45) is -0.742. The summed E-state index contributed by atoms with van der Waals surface area (Å²) in [5.41, 5.74) is 0.674. The van der Waals surface area contributed by atoms with Crippen LogP contribution in [0.3, 0.4) is 0 Å². The van der Waals surface area contributed by atoms with Crippen molar-refractivity contribution in [1.29, 1.82) is 0 Å². The van der Waals surface area contributed by atoms with E-state index in [1.807, 2.05) is 43.3 Å². The Morgan fingerprint density at radius 2 is 1.77 bits per heavy atom. The number of likely N-dealkylation sites (tertiary alicyclic amines) is 1. The first-order chi connectivity index (χ1) is 22.6. The Morgan fingerprint density at radius 3 is 2.51 bits per heavy atom. The molecule has 0 radical (unpaired) electrons. The number of aromatic nitrogens is 4. The number of ether oxygens (including phenoxy) is 1. The molecule has 5 aromatic rings. The van der Waals surface area contributed by atoms with Gasteiger partial charge in [0, 0.05) is 43.7 Å². The summed E-state index contributed by atoms with van der Waals surface area (Å²) in [7, 11) is 5.53. The van der Waals surface area contributed by atoms with E-state index in [2.05, 4.69) is 40.8 Å². The number of rotatable bonds is 8. The molecule has 1 unspecified atom stereocenters. The van der Waals surface area contributed by atoms with Crippen LogP contribution in [-0.4, -0.2) is 71.1 Å². The molecule has 3 N–H and O–H groups in total. The van der Waals surface area contributed by atoms with Crippen molar-refractivity contribution < 1.29 is 22.7 Å². The molecule has 1 saturated heterocycles. The largest absolute Gasteiger partial charge is 0.438 e. The van der Waals surface area contributed by atoms with Crippen LogP contribution >= 0.6 is 0 Å². The number of nitrogens with one attached hydrogen (secondary N) is 3. The van der Waals surface area contributed by atoms with Gasteiger partial charge in [0.1, 0.15) is 12.1 Å². The quantitative estimate of drug-likeness (QED) is 0.169. The molecule has 1 fully saturated rings. The fourth-order valence-corrected chi connectivity index (χ4v) is 5.58. The topological polar surface area (TPSA) is 120 Å². The van der Waals surface area contributed by atoms with Gasteiger partial charge in [-0.3, -0.25) is 0 Å². The molecule has 0 spiro atoms. The summed E-state index contributed by atoms with van der Waals surface area (Å²) in [4.78, 5) is 34.6. The maximum Gasteiger partial charge on any atom is 0.416 e. The minimum absolute atomic E-state index is 0.0566. The predicted molar refractivity (Wildman–Crippen MR) is 175 cm³/mol. The summed E-state index contributed by atoms with van der Waals surface area (Å²) in [5, 5.41) is 9.67. The van der Waals surface area contributed by atoms with Crippen molar-refractivity contribution in [3.63, 3.8) is 0 Å². The van der Waals surface area contributed by atoms with Gasteiger partial charge in [-0.1, -0.05) is 24.3 Å². The third-order valence-corrected chi connectivity index (χ3v) is 8.01. The highest BCUT2D eigenvalue weighted by Crippen LogP contribution is 2.38. The van der Waals surface area contributed by atoms with Crippen LogP contribution in [-0.2, 0) is 6.18 Å². The number of anilines is 4. The van der Waals surface area contributed by atoms with E-state index in [4.69, 9.17) is 4.74 Å². The summed E-state index contributed by atoms with van der Waals surface area (Å²) in [6.45, 7) is 1.64. The molecule has 2 amide bonds.